The van der Waals surface area contributed by atoms with Crippen molar-refractivity contribution < 1.29 is 14.1 Å². The third-order valence-electron chi connectivity index (χ3n) is 4.08. The van der Waals surface area contributed by atoms with Gasteiger partial charge in [-0.15, -0.1) is 0 Å². The van der Waals surface area contributed by atoms with Crippen molar-refractivity contribution in [3.8, 4) is 0 Å². The number of rotatable bonds is 7. The molecule has 9 nitrogen and oxygen atoms in total. The van der Waals surface area contributed by atoms with Crippen LogP contribution >= 0.6 is 11.6 Å². The van der Waals surface area contributed by atoms with Crippen molar-refractivity contribution >= 4 is 29.0 Å². The summed E-state index contributed by atoms with van der Waals surface area (Å²) >= 11 is 6.01. The largest absolute Gasteiger partial charge is 0.307 e. The van der Waals surface area contributed by atoms with Crippen LogP contribution in [0.15, 0.2) is 42.9 Å². The van der Waals surface area contributed by atoms with Crippen molar-refractivity contribution in [2.75, 3.05) is 5.32 Å². The molecule has 3 aromatic rings. The molecule has 28 heavy (non-hydrogen) atoms. The first-order chi connectivity index (χ1) is 13.4. The summed E-state index contributed by atoms with van der Waals surface area (Å²) in [7, 11) is 0. The highest BCUT2D eigenvalue weighted by atomic mass is 35.5. The van der Waals surface area contributed by atoms with Crippen molar-refractivity contribution in [1.29, 1.82) is 0 Å². The van der Waals surface area contributed by atoms with Crippen LogP contribution in [0.3, 0.4) is 0 Å². The fourth-order valence-electron chi connectivity index (χ4n) is 2.66. The topological polar surface area (TPSA) is 108 Å². The Morgan fingerprint density at radius 2 is 2.21 bits per heavy atom. The standard InChI is InChI=1S/C17H16ClFN6O3/c1-2-15(24-9-11(8-20-24)25(27)28)17(26)21-16-6-7-23(22-16)10-12-13(18)4-3-5-14(12)19/h3-9,15H,2,10H2,1H3,(H,21,22,26). The van der Waals surface area contributed by atoms with E-state index in [4.69, 9.17) is 11.6 Å². The minimum atomic E-state index is -0.736. The van der Waals surface area contributed by atoms with Crippen molar-refractivity contribution in [2.24, 2.45) is 0 Å². The molecule has 0 aliphatic rings. The van der Waals surface area contributed by atoms with Crippen molar-refractivity contribution in [3.63, 3.8) is 0 Å². The van der Waals surface area contributed by atoms with Crippen LogP contribution < -0.4 is 5.32 Å². The molecule has 3 rings (SSSR count). The average molecular weight is 407 g/mol. The Bertz CT molecular complexity index is 998. The molecule has 0 fully saturated rings. The van der Waals surface area contributed by atoms with Gasteiger partial charge in [-0.25, -0.2) is 4.39 Å². The van der Waals surface area contributed by atoms with Gasteiger partial charge in [-0.1, -0.05) is 24.6 Å². The molecular weight excluding hydrogens is 391 g/mol. The van der Waals surface area contributed by atoms with Crippen LogP contribution in [0.5, 0.6) is 0 Å². The van der Waals surface area contributed by atoms with Crippen LogP contribution in [0.25, 0.3) is 0 Å². The molecule has 1 unspecified atom stereocenters. The maximum absolute atomic E-state index is 13.9. The van der Waals surface area contributed by atoms with Gasteiger partial charge in [-0.05, 0) is 18.6 Å². The van der Waals surface area contributed by atoms with E-state index in [1.54, 1.807) is 25.3 Å². The Labute approximate surface area is 163 Å². The quantitative estimate of drug-likeness (QED) is 0.477. The van der Waals surface area contributed by atoms with E-state index >= 15 is 0 Å². The number of anilines is 1. The fourth-order valence-corrected chi connectivity index (χ4v) is 2.88. The summed E-state index contributed by atoms with van der Waals surface area (Å²) in [6, 6.07) is 5.23. The molecule has 1 aromatic carbocycles. The van der Waals surface area contributed by atoms with Crippen LogP contribution in [-0.2, 0) is 11.3 Å². The van der Waals surface area contributed by atoms with E-state index in [2.05, 4.69) is 15.5 Å². The van der Waals surface area contributed by atoms with Gasteiger partial charge in [0.2, 0.25) is 5.91 Å². The van der Waals surface area contributed by atoms with Crippen molar-refractivity contribution in [3.05, 3.63) is 69.4 Å². The minimum absolute atomic E-state index is 0.101. The molecule has 0 spiro atoms. The van der Waals surface area contributed by atoms with E-state index in [1.807, 2.05) is 0 Å². The lowest BCUT2D eigenvalue weighted by atomic mass is 10.2. The highest BCUT2D eigenvalue weighted by Gasteiger charge is 2.22. The predicted octanol–water partition coefficient (Wildman–Crippen LogP) is 3.42. The van der Waals surface area contributed by atoms with Crippen molar-refractivity contribution in [1.82, 2.24) is 19.6 Å². The number of carbonyl (C=O) groups is 1. The molecule has 2 heterocycles. The van der Waals surface area contributed by atoms with Gasteiger partial charge < -0.3 is 5.32 Å². The van der Waals surface area contributed by atoms with Crippen LogP contribution in [0.4, 0.5) is 15.9 Å². The first kappa shape index (κ1) is 19.5. The monoisotopic (exact) mass is 406 g/mol. The SMILES string of the molecule is CCC(C(=O)Nc1ccn(Cc2c(F)cccc2Cl)n1)n1cc([N+](=O)[O-])cn1. The van der Waals surface area contributed by atoms with Crippen LogP contribution in [0.2, 0.25) is 5.02 Å². The molecule has 0 bridgehead atoms. The number of nitro groups is 1. The first-order valence-electron chi connectivity index (χ1n) is 8.34. The summed E-state index contributed by atoms with van der Waals surface area (Å²) in [6.45, 7) is 1.86. The molecule has 0 saturated heterocycles. The number of carbonyl (C=O) groups excluding carboxylic acids is 1. The first-order valence-corrected chi connectivity index (χ1v) is 8.72. The van der Waals surface area contributed by atoms with E-state index in [-0.39, 0.29) is 23.1 Å². The summed E-state index contributed by atoms with van der Waals surface area (Å²) in [6.07, 6.45) is 4.24. The Kier molecular flexibility index (Phi) is 5.69. The van der Waals surface area contributed by atoms with E-state index in [1.165, 1.54) is 27.7 Å². The third-order valence-corrected chi connectivity index (χ3v) is 4.44. The van der Waals surface area contributed by atoms with Crippen LogP contribution in [-0.4, -0.2) is 30.4 Å². The lowest BCUT2D eigenvalue weighted by molar-refractivity contribution is -0.385. The molecule has 0 aliphatic carbocycles. The summed E-state index contributed by atoms with van der Waals surface area (Å²) < 4.78 is 16.6. The second-order valence-electron chi connectivity index (χ2n) is 5.95. The Morgan fingerprint density at radius 1 is 1.43 bits per heavy atom. The van der Waals surface area contributed by atoms with Gasteiger partial charge in [0.15, 0.2) is 5.82 Å². The van der Waals surface area contributed by atoms with E-state index in [0.29, 0.717) is 12.0 Å². The molecule has 0 radical (unpaired) electrons. The van der Waals surface area contributed by atoms with Gasteiger partial charge in [-0.3, -0.25) is 24.3 Å². The maximum Gasteiger partial charge on any atom is 0.307 e. The van der Waals surface area contributed by atoms with E-state index in [0.717, 1.165) is 6.20 Å². The summed E-state index contributed by atoms with van der Waals surface area (Å²) in [5, 5.41) is 21.8. The molecule has 1 atom stereocenters. The number of amides is 1. The number of aromatic nitrogens is 4. The molecule has 1 amide bonds. The van der Waals surface area contributed by atoms with Crippen molar-refractivity contribution in [2.45, 2.75) is 25.9 Å². The van der Waals surface area contributed by atoms with Gasteiger partial charge in [0, 0.05) is 22.8 Å². The number of hydrogen-bond acceptors (Lipinski definition) is 5. The zero-order valence-corrected chi connectivity index (χ0v) is 15.5. The molecule has 1 N–H and O–H groups in total. The normalized spacial score (nSPS) is 12.0. The Morgan fingerprint density at radius 3 is 2.86 bits per heavy atom. The third kappa shape index (κ3) is 4.17. The van der Waals surface area contributed by atoms with E-state index in [9.17, 15) is 19.3 Å². The zero-order chi connectivity index (χ0) is 20.3. The second-order valence-corrected chi connectivity index (χ2v) is 6.35. The zero-order valence-electron chi connectivity index (χ0n) is 14.7. The molecule has 0 aliphatic heterocycles. The second kappa shape index (κ2) is 8.17. The smallest absolute Gasteiger partial charge is 0.307 e. The molecule has 0 saturated carbocycles. The Balaban J connectivity index is 1.71. The summed E-state index contributed by atoms with van der Waals surface area (Å²) in [4.78, 5) is 22.7. The highest BCUT2D eigenvalue weighted by molar-refractivity contribution is 6.31. The fraction of sp³-hybridized carbons (Fsp3) is 0.235. The highest BCUT2D eigenvalue weighted by Crippen LogP contribution is 2.21. The van der Waals surface area contributed by atoms with E-state index < -0.39 is 22.7 Å². The maximum atomic E-state index is 13.9. The Hall–Kier alpha value is -3.27. The lowest BCUT2D eigenvalue weighted by Gasteiger charge is -2.14. The van der Waals surface area contributed by atoms with Gasteiger partial charge in [0.05, 0.1) is 11.5 Å². The molecule has 146 valence electrons. The average Bonchev–Trinajstić information content (AvgIpc) is 3.29. The number of nitrogens with zero attached hydrogens (tertiary/aromatic N) is 5. The number of benzene rings is 1. The van der Waals surface area contributed by atoms with Gasteiger partial charge in [0.25, 0.3) is 0 Å². The summed E-state index contributed by atoms with van der Waals surface area (Å²) in [5.41, 5.74) is 0.0951. The molecular formula is C17H16ClFN6O3. The number of nitrogens with one attached hydrogen (secondary N) is 1. The minimum Gasteiger partial charge on any atom is -0.307 e. The van der Waals surface area contributed by atoms with Gasteiger partial charge >= 0.3 is 5.69 Å². The summed E-state index contributed by atoms with van der Waals surface area (Å²) in [5.74, 6) is -0.604. The molecule has 2 aromatic heterocycles. The van der Waals surface area contributed by atoms with Crippen LogP contribution in [0, 0.1) is 15.9 Å². The van der Waals surface area contributed by atoms with Crippen LogP contribution in [0.1, 0.15) is 24.9 Å². The predicted molar refractivity (Wildman–Crippen MR) is 99.6 cm³/mol. The molecule has 11 heteroatoms. The number of halogens is 2. The van der Waals surface area contributed by atoms with Gasteiger partial charge in [0.1, 0.15) is 24.3 Å². The lowest BCUT2D eigenvalue weighted by Crippen LogP contribution is -2.26. The van der Waals surface area contributed by atoms with Gasteiger partial charge in [-0.2, -0.15) is 10.2 Å². The number of hydrogen-bond donors (Lipinski definition) is 1.